The third-order valence-electron chi connectivity index (χ3n) is 5.20. The average Bonchev–Trinajstić information content (AvgIpc) is 2.89. The van der Waals surface area contributed by atoms with Crippen LogP contribution in [0.3, 0.4) is 0 Å². The largest absolute Gasteiger partial charge is 0.481 e. The summed E-state index contributed by atoms with van der Waals surface area (Å²) in [6, 6.07) is 3.44. The Morgan fingerprint density at radius 3 is 2.69 bits per heavy atom. The quantitative estimate of drug-likeness (QED) is 0.782. The predicted molar refractivity (Wildman–Crippen MR) is 102 cm³/mol. The molecule has 29 heavy (non-hydrogen) atoms. The Labute approximate surface area is 166 Å². The first-order chi connectivity index (χ1) is 14.0. The maximum absolute atomic E-state index is 12.9. The van der Waals surface area contributed by atoms with Gasteiger partial charge in [0.15, 0.2) is 0 Å². The van der Waals surface area contributed by atoms with E-state index in [1.165, 1.54) is 11.2 Å². The lowest BCUT2D eigenvalue weighted by molar-refractivity contribution is -0.143. The number of carboxylic acid groups (broad SMARTS) is 1. The standard InChI is InChI=1S/C19H21N5O5/c20-16-15-17(23-10-22-16)28-8-7-24(18(15)25)12-3-6-14(21-9-12)29-13-4-1-11(2-5-13)19(26)27/h3,6,9-11,13H,1-2,4-5,7-8H2,(H,26,27)(H2,20,22,23)/t11-,13+. The molecule has 4 rings (SSSR count). The minimum absolute atomic E-state index is 0.0546. The summed E-state index contributed by atoms with van der Waals surface area (Å²) in [4.78, 5) is 37.7. The van der Waals surface area contributed by atoms with Crippen molar-refractivity contribution in [1.29, 1.82) is 0 Å². The van der Waals surface area contributed by atoms with E-state index in [0.29, 0.717) is 43.8 Å². The molecule has 0 aromatic carbocycles. The van der Waals surface area contributed by atoms with Crippen LogP contribution in [0, 0.1) is 5.92 Å². The normalized spacial score (nSPS) is 21.7. The number of aliphatic carboxylic acids is 1. The fourth-order valence-electron chi connectivity index (χ4n) is 3.61. The van der Waals surface area contributed by atoms with Gasteiger partial charge >= 0.3 is 5.97 Å². The van der Waals surface area contributed by atoms with Crippen molar-refractivity contribution in [1.82, 2.24) is 15.0 Å². The summed E-state index contributed by atoms with van der Waals surface area (Å²) in [7, 11) is 0. The first kappa shape index (κ1) is 18.9. The smallest absolute Gasteiger partial charge is 0.306 e. The van der Waals surface area contributed by atoms with E-state index in [1.807, 2.05) is 0 Å². The number of nitrogens with two attached hydrogens (primary N) is 1. The first-order valence-electron chi connectivity index (χ1n) is 9.43. The average molecular weight is 399 g/mol. The number of anilines is 2. The van der Waals surface area contributed by atoms with Crippen LogP contribution in [0.2, 0.25) is 0 Å². The number of ether oxygens (including phenoxy) is 2. The van der Waals surface area contributed by atoms with E-state index in [2.05, 4.69) is 15.0 Å². The number of carbonyl (C=O) groups is 2. The molecule has 3 N–H and O–H groups in total. The van der Waals surface area contributed by atoms with Crippen LogP contribution in [0.5, 0.6) is 11.8 Å². The van der Waals surface area contributed by atoms with Crippen LogP contribution in [-0.4, -0.2) is 51.2 Å². The van der Waals surface area contributed by atoms with Gasteiger partial charge in [0.2, 0.25) is 11.8 Å². The van der Waals surface area contributed by atoms with Crippen molar-refractivity contribution >= 4 is 23.4 Å². The molecule has 1 fully saturated rings. The number of carboxylic acids is 1. The minimum Gasteiger partial charge on any atom is -0.481 e. The summed E-state index contributed by atoms with van der Waals surface area (Å²) in [5.74, 6) is -0.704. The molecule has 0 bridgehead atoms. The van der Waals surface area contributed by atoms with E-state index in [4.69, 9.17) is 20.3 Å². The molecule has 1 aliphatic heterocycles. The van der Waals surface area contributed by atoms with Gasteiger partial charge in [0, 0.05) is 6.07 Å². The number of nitrogen functional groups attached to an aromatic ring is 1. The number of fused-ring (bicyclic) bond motifs is 1. The van der Waals surface area contributed by atoms with Crippen molar-refractivity contribution in [2.45, 2.75) is 31.8 Å². The second kappa shape index (κ2) is 7.90. The molecule has 10 nitrogen and oxygen atoms in total. The van der Waals surface area contributed by atoms with Crippen molar-refractivity contribution in [3.63, 3.8) is 0 Å². The van der Waals surface area contributed by atoms with Gasteiger partial charge in [-0.3, -0.25) is 9.59 Å². The zero-order valence-electron chi connectivity index (χ0n) is 15.7. The molecule has 2 aromatic rings. The van der Waals surface area contributed by atoms with Gasteiger partial charge in [-0.2, -0.15) is 0 Å². The number of hydrogen-bond acceptors (Lipinski definition) is 8. The zero-order valence-corrected chi connectivity index (χ0v) is 15.7. The SMILES string of the molecule is Nc1ncnc2c1C(=O)N(c1ccc(O[C@H]3CC[C@@H](C(=O)O)CC3)nc1)CCO2. The maximum Gasteiger partial charge on any atom is 0.306 e. The molecule has 0 spiro atoms. The van der Waals surface area contributed by atoms with Crippen LogP contribution >= 0.6 is 0 Å². The number of carbonyl (C=O) groups excluding carboxylic acids is 1. The summed E-state index contributed by atoms with van der Waals surface area (Å²) < 4.78 is 11.4. The van der Waals surface area contributed by atoms with Crippen LogP contribution in [0.25, 0.3) is 0 Å². The zero-order chi connectivity index (χ0) is 20.4. The molecule has 2 aliphatic rings. The summed E-state index contributed by atoms with van der Waals surface area (Å²) >= 11 is 0. The molecule has 1 amide bonds. The van der Waals surface area contributed by atoms with Crippen LogP contribution in [0.15, 0.2) is 24.7 Å². The summed E-state index contributed by atoms with van der Waals surface area (Å²) in [5, 5.41) is 9.08. The van der Waals surface area contributed by atoms with E-state index in [0.717, 1.165) is 0 Å². The lowest BCUT2D eigenvalue weighted by Crippen LogP contribution is -2.33. The van der Waals surface area contributed by atoms with Crippen molar-refractivity contribution in [2.24, 2.45) is 5.92 Å². The molecule has 152 valence electrons. The Morgan fingerprint density at radius 1 is 1.21 bits per heavy atom. The van der Waals surface area contributed by atoms with Gasteiger partial charge in [-0.05, 0) is 31.7 Å². The second-order valence-corrected chi connectivity index (χ2v) is 7.03. The molecule has 1 saturated carbocycles. The van der Waals surface area contributed by atoms with Crippen molar-refractivity contribution in [3.8, 4) is 11.8 Å². The van der Waals surface area contributed by atoms with Gasteiger partial charge in [-0.15, -0.1) is 0 Å². The van der Waals surface area contributed by atoms with Crippen LogP contribution in [-0.2, 0) is 4.79 Å². The second-order valence-electron chi connectivity index (χ2n) is 7.03. The van der Waals surface area contributed by atoms with Gasteiger partial charge in [0.1, 0.15) is 30.4 Å². The number of nitrogens with zero attached hydrogens (tertiary/aromatic N) is 4. The highest BCUT2D eigenvalue weighted by Gasteiger charge is 2.29. The summed E-state index contributed by atoms with van der Waals surface area (Å²) in [6.45, 7) is 0.579. The lowest BCUT2D eigenvalue weighted by atomic mass is 9.87. The van der Waals surface area contributed by atoms with Crippen LogP contribution in [0.4, 0.5) is 11.5 Å². The molecule has 2 aromatic heterocycles. The highest BCUT2D eigenvalue weighted by atomic mass is 16.5. The molecule has 0 radical (unpaired) electrons. The van der Waals surface area contributed by atoms with Crippen molar-refractivity contribution in [2.75, 3.05) is 23.8 Å². The molecule has 0 saturated heterocycles. The molecular formula is C19H21N5O5. The Hall–Kier alpha value is -3.43. The topological polar surface area (TPSA) is 141 Å². The van der Waals surface area contributed by atoms with E-state index in [9.17, 15) is 9.59 Å². The molecule has 3 heterocycles. The lowest BCUT2D eigenvalue weighted by Gasteiger charge is -2.26. The highest BCUT2D eigenvalue weighted by molar-refractivity contribution is 6.10. The van der Waals surface area contributed by atoms with E-state index < -0.39 is 5.97 Å². The number of rotatable bonds is 4. The summed E-state index contributed by atoms with van der Waals surface area (Å²) in [6.07, 6.45) is 5.32. The third-order valence-corrected chi connectivity index (χ3v) is 5.20. The Bertz CT molecular complexity index is 912. The molecule has 0 atom stereocenters. The molecule has 0 unspecified atom stereocenters. The Balaban J connectivity index is 1.45. The molecular weight excluding hydrogens is 378 g/mol. The Morgan fingerprint density at radius 2 is 2.00 bits per heavy atom. The number of aromatic nitrogens is 3. The third kappa shape index (κ3) is 3.91. The Kier molecular flexibility index (Phi) is 5.15. The highest BCUT2D eigenvalue weighted by Crippen LogP contribution is 2.29. The van der Waals surface area contributed by atoms with Gasteiger partial charge in [-0.25, -0.2) is 15.0 Å². The van der Waals surface area contributed by atoms with Gasteiger partial charge < -0.3 is 25.2 Å². The van der Waals surface area contributed by atoms with Crippen LogP contribution < -0.4 is 20.1 Å². The van der Waals surface area contributed by atoms with E-state index in [1.54, 1.807) is 18.3 Å². The van der Waals surface area contributed by atoms with E-state index in [-0.39, 0.29) is 41.8 Å². The van der Waals surface area contributed by atoms with Gasteiger partial charge in [0.25, 0.3) is 5.91 Å². The fourth-order valence-corrected chi connectivity index (χ4v) is 3.61. The maximum atomic E-state index is 12.9. The van der Waals surface area contributed by atoms with Gasteiger partial charge in [0.05, 0.1) is 24.3 Å². The monoisotopic (exact) mass is 399 g/mol. The summed E-state index contributed by atoms with van der Waals surface area (Å²) in [5.41, 5.74) is 6.57. The number of amides is 1. The van der Waals surface area contributed by atoms with Crippen LogP contribution in [0.1, 0.15) is 36.0 Å². The molecule has 10 heteroatoms. The minimum atomic E-state index is -0.746. The predicted octanol–water partition coefficient (Wildman–Crippen LogP) is 1.52. The first-order valence-corrected chi connectivity index (χ1v) is 9.43. The van der Waals surface area contributed by atoms with Crippen molar-refractivity contribution < 1.29 is 24.2 Å². The number of pyridine rings is 1. The molecule has 1 aliphatic carbocycles. The van der Waals surface area contributed by atoms with E-state index >= 15 is 0 Å². The van der Waals surface area contributed by atoms with Crippen molar-refractivity contribution in [3.05, 3.63) is 30.2 Å². The fraction of sp³-hybridized carbons (Fsp3) is 0.421. The number of hydrogen-bond donors (Lipinski definition) is 2. The van der Waals surface area contributed by atoms with Gasteiger partial charge in [-0.1, -0.05) is 0 Å².